The molecule has 0 aliphatic rings. The number of carbonyl (C=O) groups is 1. The number of aliphatic carboxylic acids is 1. The van der Waals surface area contributed by atoms with Gasteiger partial charge in [0.05, 0.1) is 13.2 Å². The van der Waals surface area contributed by atoms with E-state index in [-0.39, 0.29) is 6.42 Å². The Morgan fingerprint density at radius 3 is 2.50 bits per heavy atom. The second-order valence-corrected chi connectivity index (χ2v) is 4.71. The number of carboxylic acids is 1. The summed E-state index contributed by atoms with van der Waals surface area (Å²) in [6, 6.07) is 5.78. The number of rotatable bonds is 10. The lowest BCUT2D eigenvalue weighted by Crippen LogP contribution is -2.02. The van der Waals surface area contributed by atoms with Crippen LogP contribution in [-0.2, 0) is 11.2 Å². The standard InChI is InChI=1S/C16H24O4/c1-3-10-19-14-8-9-15(20-11-4-2)13(12-14)6-5-7-16(17)18/h8-9,12H,3-7,10-11H2,1-2H3,(H,17,18). The Kier molecular flexibility index (Phi) is 7.55. The molecule has 0 atom stereocenters. The van der Waals surface area contributed by atoms with Gasteiger partial charge in [-0.15, -0.1) is 0 Å². The van der Waals surface area contributed by atoms with Crippen molar-refractivity contribution in [1.29, 1.82) is 0 Å². The Labute approximate surface area is 120 Å². The fraction of sp³-hybridized carbons (Fsp3) is 0.562. The molecule has 0 saturated carbocycles. The predicted octanol–water partition coefficient (Wildman–Crippen LogP) is 3.67. The zero-order chi connectivity index (χ0) is 14.8. The van der Waals surface area contributed by atoms with Crippen LogP contribution >= 0.6 is 0 Å². The molecule has 0 fully saturated rings. The summed E-state index contributed by atoms with van der Waals surface area (Å²) in [6.45, 7) is 5.47. The molecular weight excluding hydrogens is 256 g/mol. The summed E-state index contributed by atoms with van der Waals surface area (Å²) in [6.07, 6.45) is 3.38. The van der Waals surface area contributed by atoms with Crippen molar-refractivity contribution in [3.05, 3.63) is 23.8 Å². The molecule has 1 aromatic carbocycles. The van der Waals surface area contributed by atoms with Crippen LogP contribution in [0, 0.1) is 0 Å². The third-order valence-electron chi connectivity index (χ3n) is 2.80. The van der Waals surface area contributed by atoms with Gasteiger partial charge in [-0.05, 0) is 49.4 Å². The van der Waals surface area contributed by atoms with Gasteiger partial charge in [-0.25, -0.2) is 0 Å². The van der Waals surface area contributed by atoms with E-state index in [1.807, 2.05) is 18.2 Å². The van der Waals surface area contributed by atoms with Crippen LogP contribution in [0.1, 0.15) is 45.1 Å². The van der Waals surface area contributed by atoms with Crippen LogP contribution in [0.4, 0.5) is 0 Å². The molecule has 0 heterocycles. The topological polar surface area (TPSA) is 55.8 Å². The van der Waals surface area contributed by atoms with Crippen LogP contribution in [-0.4, -0.2) is 24.3 Å². The molecule has 4 nitrogen and oxygen atoms in total. The summed E-state index contributed by atoms with van der Waals surface area (Å²) in [5.41, 5.74) is 1.02. The average molecular weight is 280 g/mol. The maximum atomic E-state index is 10.6. The number of carboxylic acid groups (broad SMARTS) is 1. The van der Waals surface area contributed by atoms with E-state index in [0.717, 1.165) is 29.9 Å². The SMILES string of the molecule is CCCOc1ccc(OCCC)c(CCCC(=O)O)c1. The van der Waals surface area contributed by atoms with Crippen molar-refractivity contribution in [2.45, 2.75) is 46.0 Å². The molecule has 20 heavy (non-hydrogen) atoms. The van der Waals surface area contributed by atoms with E-state index in [4.69, 9.17) is 14.6 Å². The van der Waals surface area contributed by atoms with E-state index in [1.54, 1.807) is 0 Å². The minimum absolute atomic E-state index is 0.174. The van der Waals surface area contributed by atoms with Crippen LogP contribution in [0.3, 0.4) is 0 Å². The van der Waals surface area contributed by atoms with Gasteiger partial charge < -0.3 is 14.6 Å². The molecule has 112 valence electrons. The highest BCUT2D eigenvalue weighted by Crippen LogP contribution is 2.26. The fourth-order valence-electron chi connectivity index (χ4n) is 1.84. The minimum atomic E-state index is -0.764. The van der Waals surface area contributed by atoms with E-state index in [2.05, 4.69) is 13.8 Å². The van der Waals surface area contributed by atoms with Gasteiger partial charge in [-0.3, -0.25) is 4.79 Å². The van der Waals surface area contributed by atoms with E-state index in [1.165, 1.54) is 0 Å². The van der Waals surface area contributed by atoms with Crippen LogP contribution < -0.4 is 9.47 Å². The number of ether oxygens (including phenoxy) is 2. The van der Waals surface area contributed by atoms with E-state index in [9.17, 15) is 4.79 Å². The summed E-state index contributed by atoms with van der Waals surface area (Å²) >= 11 is 0. The van der Waals surface area contributed by atoms with Crippen LogP contribution in [0.5, 0.6) is 11.5 Å². The number of benzene rings is 1. The van der Waals surface area contributed by atoms with Crippen LogP contribution in [0.2, 0.25) is 0 Å². The Hall–Kier alpha value is -1.71. The molecule has 1 N–H and O–H groups in total. The van der Waals surface area contributed by atoms with Gasteiger partial charge in [-0.1, -0.05) is 13.8 Å². The summed E-state index contributed by atoms with van der Waals surface area (Å²) in [5, 5.41) is 8.72. The molecule has 0 unspecified atom stereocenters. The predicted molar refractivity (Wildman–Crippen MR) is 78.6 cm³/mol. The lowest BCUT2D eigenvalue weighted by Gasteiger charge is -2.13. The van der Waals surface area contributed by atoms with Gasteiger partial charge in [0.2, 0.25) is 0 Å². The highest BCUT2D eigenvalue weighted by molar-refractivity contribution is 5.66. The van der Waals surface area contributed by atoms with E-state index < -0.39 is 5.97 Å². The van der Waals surface area contributed by atoms with Gasteiger partial charge in [0.15, 0.2) is 0 Å². The monoisotopic (exact) mass is 280 g/mol. The molecule has 1 rings (SSSR count). The van der Waals surface area contributed by atoms with Gasteiger partial charge in [0.25, 0.3) is 0 Å². The smallest absolute Gasteiger partial charge is 0.303 e. The lowest BCUT2D eigenvalue weighted by molar-refractivity contribution is -0.137. The largest absolute Gasteiger partial charge is 0.494 e. The van der Waals surface area contributed by atoms with Crippen molar-refractivity contribution < 1.29 is 19.4 Å². The zero-order valence-corrected chi connectivity index (χ0v) is 12.4. The normalized spacial score (nSPS) is 10.3. The summed E-state index contributed by atoms with van der Waals surface area (Å²) < 4.78 is 11.3. The quantitative estimate of drug-likeness (QED) is 0.710. The molecular formula is C16H24O4. The highest BCUT2D eigenvalue weighted by atomic mass is 16.5. The van der Waals surface area contributed by atoms with Crippen molar-refractivity contribution in [2.24, 2.45) is 0 Å². The van der Waals surface area contributed by atoms with Crippen molar-refractivity contribution in [2.75, 3.05) is 13.2 Å². The summed E-state index contributed by atoms with van der Waals surface area (Å²) in [5.74, 6) is 0.890. The maximum absolute atomic E-state index is 10.6. The van der Waals surface area contributed by atoms with Crippen LogP contribution in [0.25, 0.3) is 0 Å². The van der Waals surface area contributed by atoms with Crippen molar-refractivity contribution >= 4 is 5.97 Å². The van der Waals surface area contributed by atoms with Crippen molar-refractivity contribution in [1.82, 2.24) is 0 Å². The molecule has 0 spiro atoms. The van der Waals surface area contributed by atoms with Gasteiger partial charge in [0, 0.05) is 6.42 Å². The second-order valence-electron chi connectivity index (χ2n) is 4.71. The third kappa shape index (κ3) is 5.95. The van der Waals surface area contributed by atoms with Gasteiger partial charge in [0.1, 0.15) is 11.5 Å². The molecule has 0 bridgehead atoms. The lowest BCUT2D eigenvalue weighted by atomic mass is 10.1. The van der Waals surface area contributed by atoms with Crippen molar-refractivity contribution in [3.8, 4) is 11.5 Å². The Balaban J connectivity index is 2.73. The fourth-order valence-corrected chi connectivity index (χ4v) is 1.84. The third-order valence-corrected chi connectivity index (χ3v) is 2.80. The Bertz CT molecular complexity index is 415. The number of aryl methyl sites for hydroxylation is 1. The molecule has 0 aromatic heterocycles. The summed E-state index contributed by atoms with van der Waals surface area (Å²) in [7, 11) is 0. The highest BCUT2D eigenvalue weighted by Gasteiger charge is 2.07. The molecule has 1 aromatic rings. The van der Waals surface area contributed by atoms with Crippen LogP contribution in [0.15, 0.2) is 18.2 Å². The maximum Gasteiger partial charge on any atom is 0.303 e. The molecule has 0 radical (unpaired) electrons. The first-order valence-electron chi connectivity index (χ1n) is 7.27. The Morgan fingerprint density at radius 1 is 1.15 bits per heavy atom. The zero-order valence-electron chi connectivity index (χ0n) is 12.4. The van der Waals surface area contributed by atoms with E-state index in [0.29, 0.717) is 26.1 Å². The first-order valence-corrected chi connectivity index (χ1v) is 7.27. The Morgan fingerprint density at radius 2 is 1.85 bits per heavy atom. The molecule has 4 heteroatoms. The minimum Gasteiger partial charge on any atom is -0.494 e. The number of hydrogen-bond donors (Lipinski definition) is 1. The molecule has 0 aliphatic heterocycles. The molecule has 0 saturated heterocycles. The molecule has 0 aliphatic carbocycles. The summed E-state index contributed by atoms with van der Waals surface area (Å²) in [4.78, 5) is 10.6. The van der Waals surface area contributed by atoms with Crippen molar-refractivity contribution in [3.63, 3.8) is 0 Å². The van der Waals surface area contributed by atoms with Gasteiger partial charge in [-0.2, -0.15) is 0 Å². The first-order chi connectivity index (χ1) is 9.67. The second kappa shape index (κ2) is 9.23. The average Bonchev–Trinajstić information content (AvgIpc) is 2.43. The number of hydrogen-bond acceptors (Lipinski definition) is 3. The molecule has 0 amide bonds. The van der Waals surface area contributed by atoms with Gasteiger partial charge >= 0.3 is 5.97 Å². The van der Waals surface area contributed by atoms with E-state index >= 15 is 0 Å². The first kappa shape index (κ1) is 16.3.